The first-order valence-electron chi connectivity index (χ1n) is 7.63. The molecule has 0 bridgehead atoms. The minimum absolute atomic E-state index is 0.0103. The first-order valence-corrected chi connectivity index (χ1v) is 7.63. The van der Waals surface area contributed by atoms with Crippen LogP contribution in [0.2, 0.25) is 0 Å². The van der Waals surface area contributed by atoms with Gasteiger partial charge in [-0.2, -0.15) is 5.26 Å². The second kappa shape index (κ2) is 6.49. The highest BCUT2D eigenvalue weighted by molar-refractivity contribution is 5.94. The summed E-state index contributed by atoms with van der Waals surface area (Å²) in [5, 5.41) is 12.1. The number of nitrogens with zero attached hydrogens (tertiary/aromatic N) is 3. The second-order valence-corrected chi connectivity index (χ2v) is 5.79. The molecule has 0 radical (unpaired) electrons. The predicted molar refractivity (Wildman–Crippen MR) is 88.0 cm³/mol. The Kier molecular flexibility index (Phi) is 4.24. The molecule has 1 N–H and O–H groups in total. The fourth-order valence-corrected chi connectivity index (χ4v) is 2.40. The molecular weight excluding hydrogens is 288 g/mol. The van der Waals surface area contributed by atoms with Crippen LogP contribution in [-0.4, -0.2) is 24.0 Å². The summed E-state index contributed by atoms with van der Waals surface area (Å²) in [6.07, 6.45) is 3.85. The molecule has 3 rings (SSSR count). The van der Waals surface area contributed by atoms with Crippen molar-refractivity contribution >= 4 is 11.7 Å². The third-order valence-electron chi connectivity index (χ3n) is 3.82. The zero-order chi connectivity index (χ0) is 16.2. The van der Waals surface area contributed by atoms with Crippen LogP contribution in [0, 0.1) is 11.3 Å². The van der Waals surface area contributed by atoms with Crippen molar-refractivity contribution in [1.29, 1.82) is 5.26 Å². The number of pyridine rings is 1. The van der Waals surface area contributed by atoms with Gasteiger partial charge in [0.2, 0.25) is 0 Å². The van der Waals surface area contributed by atoms with E-state index in [-0.39, 0.29) is 5.91 Å². The van der Waals surface area contributed by atoms with Crippen molar-refractivity contribution in [2.24, 2.45) is 0 Å². The average Bonchev–Trinajstić information content (AvgIpc) is 3.39. The standard InChI is InChI=1S/C18H18N4O/c1-22(17-15(11-19)3-2-10-20-17)12-13-4-6-14(7-5-13)18(23)21-16-8-9-16/h2-7,10,16H,8-9,12H2,1H3,(H,21,23). The third-order valence-corrected chi connectivity index (χ3v) is 3.82. The summed E-state index contributed by atoms with van der Waals surface area (Å²) in [4.78, 5) is 18.2. The molecule has 0 unspecified atom stereocenters. The van der Waals surface area contributed by atoms with E-state index in [9.17, 15) is 4.79 Å². The summed E-state index contributed by atoms with van der Waals surface area (Å²) in [7, 11) is 1.90. The number of carbonyl (C=O) groups excluding carboxylic acids is 1. The number of amides is 1. The van der Waals surface area contributed by atoms with E-state index in [1.807, 2.05) is 36.2 Å². The van der Waals surface area contributed by atoms with Gasteiger partial charge in [0.05, 0.1) is 5.56 Å². The summed E-state index contributed by atoms with van der Waals surface area (Å²) < 4.78 is 0. The first-order chi connectivity index (χ1) is 11.2. The van der Waals surface area contributed by atoms with Gasteiger partial charge in [-0.05, 0) is 42.7 Å². The van der Waals surface area contributed by atoms with E-state index >= 15 is 0 Å². The van der Waals surface area contributed by atoms with Crippen LogP contribution >= 0.6 is 0 Å². The zero-order valence-corrected chi connectivity index (χ0v) is 13.0. The Hall–Kier alpha value is -2.87. The van der Waals surface area contributed by atoms with Crippen LogP contribution in [-0.2, 0) is 6.54 Å². The fraction of sp³-hybridized carbons (Fsp3) is 0.278. The summed E-state index contributed by atoms with van der Waals surface area (Å²) in [5.41, 5.74) is 2.29. The molecule has 5 heteroatoms. The molecule has 0 spiro atoms. The molecular formula is C18H18N4O. The highest BCUT2D eigenvalue weighted by Crippen LogP contribution is 2.20. The van der Waals surface area contributed by atoms with Gasteiger partial charge in [-0.1, -0.05) is 12.1 Å². The molecule has 1 aliphatic carbocycles. The number of aromatic nitrogens is 1. The molecule has 2 aromatic rings. The van der Waals surface area contributed by atoms with Crippen molar-refractivity contribution in [3.05, 3.63) is 59.3 Å². The summed E-state index contributed by atoms with van der Waals surface area (Å²) in [5.74, 6) is 0.648. The van der Waals surface area contributed by atoms with E-state index in [0.29, 0.717) is 29.5 Å². The van der Waals surface area contributed by atoms with E-state index in [1.165, 1.54) is 0 Å². The summed E-state index contributed by atoms with van der Waals surface area (Å²) in [6.45, 7) is 0.621. The third kappa shape index (κ3) is 3.67. The molecule has 0 saturated heterocycles. The van der Waals surface area contributed by atoms with E-state index in [1.54, 1.807) is 18.3 Å². The number of hydrogen-bond acceptors (Lipinski definition) is 4. The average molecular weight is 306 g/mol. The number of nitriles is 1. The van der Waals surface area contributed by atoms with Crippen molar-refractivity contribution in [3.8, 4) is 6.07 Å². The lowest BCUT2D eigenvalue weighted by atomic mass is 10.1. The molecule has 1 amide bonds. The molecule has 1 fully saturated rings. The molecule has 0 atom stereocenters. The van der Waals surface area contributed by atoms with Crippen molar-refractivity contribution < 1.29 is 4.79 Å². The van der Waals surface area contributed by atoms with Crippen LogP contribution in [0.25, 0.3) is 0 Å². The van der Waals surface area contributed by atoms with Crippen LogP contribution < -0.4 is 10.2 Å². The number of hydrogen-bond donors (Lipinski definition) is 1. The van der Waals surface area contributed by atoms with Gasteiger partial charge in [0.25, 0.3) is 5.91 Å². The van der Waals surface area contributed by atoms with Crippen molar-refractivity contribution in [2.75, 3.05) is 11.9 Å². The monoisotopic (exact) mass is 306 g/mol. The van der Waals surface area contributed by atoms with Gasteiger partial charge in [-0.15, -0.1) is 0 Å². The van der Waals surface area contributed by atoms with Gasteiger partial charge in [0, 0.05) is 31.4 Å². The maximum absolute atomic E-state index is 12.0. The number of rotatable bonds is 5. The van der Waals surface area contributed by atoms with Crippen molar-refractivity contribution in [1.82, 2.24) is 10.3 Å². The second-order valence-electron chi connectivity index (χ2n) is 5.79. The minimum Gasteiger partial charge on any atom is -0.354 e. The van der Waals surface area contributed by atoms with Gasteiger partial charge >= 0.3 is 0 Å². The van der Waals surface area contributed by atoms with Crippen LogP contribution in [0.3, 0.4) is 0 Å². The van der Waals surface area contributed by atoms with E-state index in [0.717, 1.165) is 18.4 Å². The quantitative estimate of drug-likeness (QED) is 0.921. The Morgan fingerprint density at radius 1 is 1.35 bits per heavy atom. The molecule has 0 aliphatic heterocycles. The lowest BCUT2D eigenvalue weighted by Gasteiger charge is -2.19. The highest BCUT2D eigenvalue weighted by Gasteiger charge is 2.23. The minimum atomic E-state index is -0.0103. The Morgan fingerprint density at radius 2 is 2.09 bits per heavy atom. The Bertz CT molecular complexity index is 744. The fourth-order valence-electron chi connectivity index (χ4n) is 2.40. The van der Waals surface area contributed by atoms with Crippen molar-refractivity contribution in [3.63, 3.8) is 0 Å². The first kappa shape index (κ1) is 15.0. The van der Waals surface area contributed by atoms with Crippen LogP contribution in [0.5, 0.6) is 0 Å². The maximum atomic E-state index is 12.0. The number of carbonyl (C=O) groups is 1. The van der Waals surface area contributed by atoms with E-state index < -0.39 is 0 Å². The van der Waals surface area contributed by atoms with E-state index in [2.05, 4.69) is 16.4 Å². The molecule has 1 heterocycles. The predicted octanol–water partition coefficient (Wildman–Crippen LogP) is 2.48. The van der Waals surface area contributed by atoms with Crippen LogP contribution in [0.15, 0.2) is 42.6 Å². The van der Waals surface area contributed by atoms with Gasteiger partial charge in [0.15, 0.2) is 0 Å². The topological polar surface area (TPSA) is 69.0 Å². The SMILES string of the molecule is CN(Cc1ccc(C(=O)NC2CC2)cc1)c1ncccc1C#N. The zero-order valence-electron chi connectivity index (χ0n) is 13.0. The smallest absolute Gasteiger partial charge is 0.251 e. The molecule has 1 aromatic heterocycles. The molecule has 1 aliphatic rings. The summed E-state index contributed by atoms with van der Waals surface area (Å²) in [6, 6.07) is 13.6. The normalized spacial score (nSPS) is 13.2. The largest absolute Gasteiger partial charge is 0.354 e. The number of anilines is 1. The molecule has 5 nitrogen and oxygen atoms in total. The van der Waals surface area contributed by atoms with Gasteiger partial charge < -0.3 is 10.2 Å². The van der Waals surface area contributed by atoms with Crippen molar-refractivity contribution in [2.45, 2.75) is 25.4 Å². The number of benzene rings is 1. The van der Waals surface area contributed by atoms with Crippen LogP contribution in [0.1, 0.15) is 34.3 Å². The summed E-state index contributed by atoms with van der Waals surface area (Å²) >= 11 is 0. The van der Waals surface area contributed by atoms with E-state index in [4.69, 9.17) is 5.26 Å². The van der Waals surface area contributed by atoms with Crippen LogP contribution in [0.4, 0.5) is 5.82 Å². The molecule has 1 saturated carbocycles. The van der Waals surface area contributed by atoms with Gasteiger partial charge in [0.1, 0.15) is 11.9 Å². The number of nitrogens with one attached hydrogen (secondary N) is 1. The van der Waals surface area contributed by atoms with Gasteiger partial charge in [-0.3, -0.25) is 4.79 Å². The Balaban J connectivity index is 1.68. The Labute approximate surface area is 135 Å². The molecule has 23 heavy (non-hydrogen) atoms. The van der Waals surface area contributed by atoms with Gasteiger partial charge in [-0.25, -0.2) is 4.98 Å². The lowest BCUT2D eigenvalue weighted by molar-refractivity contribution is 0.0951. The molecule has 1 aromatic carbocycles. The maximum Gasteiger partial charge on any atom is 0.251 e. The molecule has 116 valence electrons. The highest BCUT2D eigenvalue weighted by atomic mass is 16.1. The Morgan fingerprint density at radius 3 is 2.74 bits per heavy atom. The lowest BCUT2D eigenvalue weighted by Crippen LogP contribution is -2.25.